The van der Waals surface area contributed by atoms with E-state index in [1.165, 1.54) is 0 Å². The minimum absolute atomic E-state index is 0.365. The fraction of sp³-hybridized carbons (Fsp3) is 0.909. The van der Waals surface area contributed by atoms with E-state index in [4.69, 9.17) is 9.47 Å². The predicted molar refractivity (Wildman–Crippen MR) is 53.5 cm³/mol. The Labute approximate surface area is 89.5 Å². The number of ether oxygens (including phenoxy) is 2. The molecular formula is C11H17NO3. The summed E-state index contributed by atoms with van der Waals surface area (Å²) >= 11 is 0. The van der Waals surface area contributed by atoms with Crippen molar-refractivity contribution in [2.75, 3.05) is 26.3 Å². The quantitative estimate of drug-likeness (QED) is 0.587. The first kappa shape index (κ1) is 9.75. The molecule has 84 valence electrons. The molecule has 0 aliphatic carbocycles. The van der Waals surface area contributed by atoms with Crippen molar-refractivity contribution in [2.24, 2.45) is 0 Å². The van der Waals surface area contributed by atoms with Gasteiger partial charge in [0.25, 0.3) is 0 Å². The summed E-state index contributed by atoms with van der Waals surface area (Å²) in [5.74, 6) is 0.0113. The average molecular weight is 211 g/mol. The van der Waals surface area contributed by atoms with Gasteiger partial charge in [-0.2, -0.15) is 0 Å². The highest BCUT2D eigenvalue weighted by atomic mass is 16.7. The number of rotatable bonds is 0. The van der Waals surface area contributed by atoms with Gasteiger partial charge in [-0.15, -0.1) is 0 Å². The molecule has 0 aromatic rings. The molecule has 0 amide bonds. The molecule has 4 heteroatoms. The van der Waals surface area contributed by atoms with Crippen molar-refractivity contribution >= 4 is 5.78 Å². The van der Waals surface area contributed by atoms with Gasteiger partial charge in [-0.1, -0.05) is 0 Å². The first-order valence-electron chi connectivity index (χ1n) is 5.81. The molecule has 3 fully saturated rings. The van der Waals surface area contributed by atoms with Crippen LogP contribution < -0.4 is 0 Å². The molecule has 1 atom stereocenters. The van der Waals surface area contributed by atoms with Crippen molar-refractivity contribution < 1.29 is 14.3 Å². The van der Waals surface area contributed by atoms with Crippen molar-refractivity contribution in [2.45, 2.75) is 37.5 Å². The lowest BCUT2D eigenvalue weighted by molar-refractivity contribution is -0.257. The highest BCUT2D eigenvalue weighted by Crippen LogP contribution is 2.37. The SMILES string of the molecule is O=C1CCN2CC3(C[C@H]2C1)OCCCO3. The molecule has 3 rings (SSSR count). The predicted octanol–water partition coefficient (Wildman–Crippen LogP) is 0.557. The third kappa shape index (κ3) is 1.71. The molecule has 0 aromatic carbocycles. The Kier molecular flexibility index (Phi) is 2.30. The lowest BCUT2D eigenvalue weighted by Gasteiger charge is -2.33. The molecule has 0 unspecified atom stereocenters. The second kappa shape index (κ2) is 3.54. The molecule has 3 aliphatic rings. The van der Waals surface area contributed by atoms with E-state index in [9.17, 15) is 4.79 Å². The van der Waals surface area contributed by atoms with E-state index < -0.39 is 0 Å². The Morgan fingerprint density at radius 1 is 1.33 bits per heavy atom. The van der Waals surface area contributed by atoms with E-state index in [0.29, 0.717) is 24.7 Å². The molecule has 0 aromatic heterocycles. The Morgan fingerprint density at radius 3 is 2.93 bits per heavy atom. The van der Waals surface area contributed by atoms with Gasteiger partial charge in [0.1, 0.15) is 5.78 Å². The van der Waals surface area contributed by atoms with E-state index in [-0.39, 0.29) is 5.79 Å². The average Bonchev–Trinajstić information content (AvgIpc) is 2.56. The Morgan fingerprint density at radius 2 is 2.13 bits per heavy atom. The molecule has 0 radical (unpaired) electrons. The summed E-state index contributed by atoms with van der Waals surface area (Å²) in [5.41, 5.74) is 0. The lowest BCUT2D eigenvalue weighted by Crippen LogP contribution is -2.43. The summed E-state index contributed by atoms with van der Waals surface area (Å²) in [7, 11) is 0. The van der Waals surface area contributed by atoms with Crippen molar-refractivity contribution in [3.63, 3.8) is 0 Å². The van der Waals surface area contributed by atoms with E-state index in [2.05, 4.69) is 4.90 Å². The number of piperidine rings is 1. The second-order valence-electron chi connectivity index (χ2n) is 4.78. The van der Waals surface area contributed by atoms with Gasteiger partial charge in [-0.3, -0.25) is 9.69 Å². The molecule has 1 spiro atoms. The third-order valence-corrected chi connectivity index (χ3v) is 3.67. The number of nitrogens with zero attached hydrogens (tertiary/aromatic N) is 1. The van der Waals surface area contributed by atoms with Crippen LogP contribution in [0.3, 0.4) is 0 Å². The fourth-order valence-corrected chi connectivity index (χ4v) is 2.91. The first-order chi connectivity index (χ1) is 7.27. The topological polar surface area (TPSA) is 38.8 Å². The van der Waals surface area contributed by atoms with Gasteiger partial charge in [-0.25, -0.2) is 0 Å². The normalized spacial score (nSPS) is 35.7. The summed E-state index contributed by atoms with van der Waals surface area (Å²) < 4.78 is 11.6. The molecule has 4 nitrogen and oxygen atoms in total. The smallest absolute Gasteiger partial charge is 0.182 e. The molecular weight excluding hydrogens is 194 g/mol. The largest absolute Gasteiger partial charge is 0.349 e. The zero-order valence-corrected chi connectivity index (χ0v) is 8.91. The minimum Gasteiger partial charge on any atom is -0.349 e. The van der Waals surface area contributed by atoms with Crippen LogP contribution in [0.1, 0.15) is 25.7 Å². The maximum absolute atomic E-state index is 11.4. The zero-order valence-electron chi connectivity index (χ0n) is 8.91. The third-order valence-electron chi connectivity index (χ3n) is 3.67. The number of fused-ring (bicyclic) bond motifs is 1. The van der Waals surface area contributed by atoms with Crippen molar-refractivity contribution in [1.82, 2.24) is 4.90 Å². The van der Waals surface area contributed by atoms with Gasteiger partial charge in [0.2, 0.25) is 0 Å². The van der Waals surface area contributed by atoms with Gasteiger partial charge in [0, 0.05) is 31.8 Å². The van der Waals surface area contributed by atoms with E-state index in [1.54, 1.807) is 0 Å². The van der Waals surface area contributed by atoms with Crippen LogP contribution >= 0.6 is 0 Å². The molecule has 3 aliphatic heterocycles. The molecule has 0 N–H and O–H groups in total. The number of hydrogen-bond acceptors (Lipinski definition) is 4. The number of Topliss-reactive ketones (excluding diaryl/α,β-unsaturated/α-hetero) is 1. The Bertz CT molecular complexity index is 273. The maximum Gasteiger partial charge on any atom is 0.182 e. The van der Waals surface area contributed by atoms with E-state index >= 15 is 0 Å². The van der Waals surface area contributed by atoms with Gasteiger partial charge < -0.3 is 9.47 Å². The van der Waals surface area contributed by atoms with Gasteiger partial charge in [0.05, 0.1) is 19.8 Å². The highest BCUT2D eigenvalue weighted by Gasteiger charge is 2.48. The van der Waals surface area contributed by atoms with Crippen LogP contribution in [0.4, 0.5) is 0 Å². The van der Waals surface area contributed by atoms with Crippen molar-refractivity contribution in [1.29, 1.82) is 0 Å². The van der Waals surface area contributed by atoms with Crippen LogP contribution in [0.2, 0.25) is 0 Å². The van der Waals surface area contributed by atoms with Crippen LogP contribution in [0.15, 0.2) is 0 Å². The summed E-state index contributed by atoms with van der Waals surface area (Å²) in [6.07, 6.45) is 3.26. The molecule has 15 heavy (non-hydrogen) atoms. The van der Waals surface area contributed by atoms with Crippen LogP contribution in [0.25, 0.3) is 0 Å². The Balaban J connectivity index is 1.72. The van der Waals surface area contributed by atoms with E-state index in [1.807, 2.05) is 0 Å². The lowest BCUT2D eigenvalue weighted by atomic mass is 10.0. The first-order valence-corrected chi connectivity index (χ1v) is 5.81. The number of carbonyl (C=O) groups excluding carboxylic acids is 1. The molecule has 0 saturated carbocycles. The van der Waals surface area contributed by atoms with Gasteiger partial charge >= 0.3 is 0 Å². The highest BCUT2D eigenvalue weighted by molar-refractivity contribution is 5.80. The van der Waals surface area contributed by atoms with Gasteiger partial charge in [-0.05, 0) is 6.42 Å². The zero-order chi connectivity index (χ0) is 10.3. The van der Waals surface area contributed by atoms with Crippen molar-refractivity contribution in [3.05, 3.63) is 0 Å². The monoisotopic (exact) mass is 211 g/mol. The number of ketones is 1. The summed E-state index contributed by atoms with van der Waals surface area (Å²) in [6, 6.07) is 0.365. The van der Waals surface area contributed by atoms with Crippen molar-refractivity contribution in [3.8, 4) is 0 Å². The second-order valence-corrected chi connectivity index (χ2v) is 4.78. The summed E-state index contributed by atoms with van der Waals surface area (Å²) in [4.78, 5) is 13.7. The Hall–Kier alpha value is -0.450. The number of hydrogen-bond donors (Lipinski definition) is 0. The van der Waals surface area contributed by atoms with Crippen LogP contribution in [0, 0.1) is 0 Å². The molecule has 0 bridgehead atoms. The minimum atomic E-state index is -0.381. The van der Waals surface area contributed by atoms with Gasteiger partial charge in [0.15, 0.2) is 5.79 Å². The van der Waals surface area contributed by atoms with Crippen LogP contribution in [0.5, 0.6) is 0 Å². The molecule has 3 heterocycles. The van der Waals surface area contributed by atoms with Crippen LogP contribution in [-0.4, -0.2) is 48.8 Å². The number of carbonyl (C=O) groups is 1. The van der Waals surface area contributed by atoms with Crippen LogP contribution in [-0.2, 0) is 14.3 Å². The molecule has 3 saturated heterocycles. The standard InChI is InChI=1S/C11H17NO3/c13-10-2-3-12-8-11(7-9(12)6-10)14-4-1-5-15-11/h9H,1-8H2/t9-/m1/s1. The van der Waals surface area contributed by atoms with E-state index in [0.717, 1.165) is 39.1 Å². The maximum atomic E-state index is 11.4. The summed E-state index contributed by atoms with van der Waals surface area (Å²) in [5, 5.41) is 0. The fourth-order valence-electron chi connectivity index (χ4n) is 2.91. The summed E-state index contributed by atoms with van der Waals surface area (Å²) in [6.45, 7) is 3.34.